The first-order valence-corrected chi connectivity index (χ1v) is 6.68. The number of hydrogen-bond acceptors (Lipinski definition) is 5. The van der Waals surface area contributed by atoms with Crippen molar-refractivity contribution in [2.75, 3.05) is 13.2 Å². The van der Waals surface area contributed by atoms with E-state index in [1.807, 2.05) is 6.92 Å². The van der Waals surface area contributed by atoms with Crippen LogP contribution in [0.5, 0.6) is 5.75 Å². The normalized spacial score (nSPS) is 21.4. The van der Waals surface area contributed by atoms with Gasteiger partial charge in [-0.2, -0.15) is 10.2 Å². The van der Waals surface area contributed by atoms with Crippen LogP contribution in [0.25, 0.3) is 0 Å². The molecule has 1 fully saturated rings. The summed E-state index contributed by atoms with van der Waals surface area (Å²) in [5.41, 5.74) is 1.26. The highest BCUT2D eigenvalue weighted by Crippen LogP contribution is 2.16. The maximum atomic E-state index is 12.3. The number of carbonyl (C=O) groups excluding carboxylic acids is 1. The standard InChI is InChI=1S/C13H17N5O3/c1-8-5-18(2)17-12(8)13(19)16-10-6-20-7-11(10)21-9-3-14-15-4-9/h3-5,10-11H,6-7H2,1-2H3,(H,14,15)(H,16,19)/t10-,11+/m0/s1. The second-order valence-electron chi connectivity index (χ2n) is 5.04. The molecular weight excluding hydrogens is 274 g/mol. The Kier molecular flexibility index (Phi) is 3.61. The Hall–Kier alpha value is -2.35. The smallest absolute Gasteiger partial charge is 0.272 e. The molecule has 3 heterocycles. The first kappa shape index (κ1) is 13.6. The van der Waals surface area contributed by atoms with Crippen LogP contribution in [0.3, 0.4) is 0 Å². The summed E-state index contributed by atoms with van der Waals surface area (Å²) in [6.07, 6.45) is 4.80. The molecule has 2 aromatic rings. The van der Waals surface area contributed by atoms with Crippen molar-refractivity contribution >= 4 is 5.91 Å². The minimum atomic E-state index is -0.240. The van der Waals surface area contributed by atoms with E-state index in [9.17, 15) is 4.79 Å². The van der Waals surface area contributed by atoms with E-state index >= 15 is 0 Å². The first-order valence-electron chi connectivity index (χ1n) is 6.68. The number of aromatic amines is 1. The molecule has 2 atom stereocenters. The summed E-state index contributed by atoms with van der Waals surface area (Å²) in [6.45, 7) is 2.70. The van der Waals surface area contributed by atoms with Crippen LogP contribution in [0.2, 0.25) is 0 Å². The van der Waals surface area contributed by atoms with Gasteiger partial charge in [0, 0.05) is 18.8 Å². The van der Waals surface area contributed by atoms with Gasteiger partial charge >= 0.3 is 0 Å². The maximum Gasteiger partial charge on any atom is 0.272 e. The van der Waals surface area contributed by atoms with Gasteiger partial charge in [0.2, 0.25) is 0 Å². The molecule has 1 saturated heterocycles. The zero-order valence-electron chi connectivity index (χ0n) is 11.9. The monoisotopic (exact) mass is 291 g/mol. The fraction of sp³-hybridized carbons (Fsp3) is 0.462. The van der Waals surface area contributed by atoms with Crippen LogP contribution in [-0.4, -0.2) is 51.2 Å². The van der Waals surface area contributed by atoms with Crippen molar-refractivity contribution in [1.29, 1.82) is 0 Å². The highest BCUT2D eigenvalue weighted by molar-refractivity contribution is 5.93. The molecule has 8 nitrogen and oxygen atoms in total. The molecule has 0 aromatic carbocycles. The quantitative estimate of drug-likeness (QED) is 0.828. The first-order chi connectivity index (χ1) is 10.1. The highest BCUT2D eigenvalue weighted by Gasteiger charge is 2.32. The van der Waals surface area contributed by atoms with Gasteiger partial charge in [-0.15, -0.1) is 0 Å². The number of nitrogens with one attached hydrogen (secondary N) is 2. The van der Waals surface area contributed by atoms with Crippen molar-refractivity contribution in [3.05, 3.63) is 29.8 Å². The number of carbonyl (C=O) groups is 1. The van der Waals surface area contributed by atoms with Crippen LogP contribution in [0.15, 0.2) is 18.6 Å². The average Bonchev–Trinajstić information content (AvgIpc) is 3.14. The lowest BCUT2D eigenvalue weighted by atomic mass is 10.2. The maximum absolute atomic E-state index is 12.3. The number of aromatic nitrogens is 4. The lowest BCUT2D eigenvalue weighted by molar-refractivity contribution is 0.0898. The molecule has 0 bridgehead atoms. The molecule has 1 amide bonds. The molecule has 0 saturated carbocycles. The van der Waals surface area contributed by atoms with Gasteiger partial charge in [0.05, 0.1) is 31.6 Å². The van der Waals surface area contributed by atoms with E-state index in [4.69, 9.17) is 9.47 Å². The van der Waals surface area contributed by atoms with E-state index in [-0.39, 0.29) is 18.1 Å². The molecule has 21 heavy (non-hydrogen) atoms. The van der Waals surface area contributed by atoms with Gasteiger partial charge in [0.15, 0.2) is 11.4 Å². The minimum absolute atomic E-state index is 0.214. The minimum Gasteiger partial charge on any atom is -0.482 e. The van der Waals surface area contributed by atoms with Crippen molar-refractivity contribution in [3.8, 4) is 5.75 Å². The number of hydrogen-bond donors (Lipinski definition) is 2. The van der Waals surface area contributed by atoms with Crippen molar-refractivity contribution in [3.63, 3.8) is 0 Å². The third-order valence-corrected chi connectivity index (χ3v) is 3.33. The van der Waals surface area contributed by atoms with Crippen molar-refractivity contribution in [2.45, 2.75) is 19.1 Å². The molecule has 1 aliphatic rings. The number of rotatable bonds is 4. The van der Waals surface area contributed by atoms with Crippen LogP contribution in [-0.2, 0) is 11.8 Å². The number of ether oxygens (including phenoxy) is 2. The summed E-state index contributed by atoms with van der Waals surface area (Å²) < 4.78 is 12.8. The Labute approximate surface area is 121 Å². The predicted molar refractivity (Wildman–Crippen MR) is 73.0 cm³/mol. The molecule has 112 valence electrons. The fourth-order valence-electron chi connectivity index (χ4n) is 2.33. The van der Waals surface area contributed by atoms with Crippen LogP contribution in [0, 0.1) is 6.92 Å². The van der Waals surface area contributed by atoms with Crippen molar-refractivity contribution in [1.82, 2.24) is 25.3 Å². The van der Waals surface area contributed by atoms with Crippen LogP contribution < -0.4 is 10.1 Å². The number of amides is 1. The Bertz CT molecular complexity index is 622. The molecule has 0 spiro atoms. The Morgan fingerprint density at radius 3 is 3.10 bits per heavy atom. The van der Waals surface area contributed by atoms with E-state index in [2.05, 4.69) is 20.6 Å². The molecule has 0 radical (unpaired) electrons. The summed E-state index contributed by atoms with van der Waals surface area (Å²) in [7, 11) is 1.78. The molecule has 8 heteroatoms. The third kappa shape index (κ3) is 2.89. The van der Waals surface area contributed by atoms with Crippen LogP contribution >= 0.6 is 0 Å². The van der Waals surface area contributed by atoms with E-state index < -0.39 is 0 Å². The zero-order valence-corrected chi connectivity index (χ0v) is 11.9. The van der Waals surface area contributed by atoms with E-state index in [0.29, 0.717) is 24.7 Å². The average molecular weight is 291 g/mol. The molecular formula is C13H17N5O3. The third-order valence-electron chi connectivity index (χ3n) is 3.33. The highest BCUT2D eigenvalue weighted by atomic mass is 16.5. The molecule has 0 aliphatic carbocycles. The van der Waals surface area contributed by atoms with Crippen LogP contribution in [0.4, 0.5) is 0 Å². The Morgan fingerprint density at radius 1 is 1.57 bits per heavy atom. The van der Waals surface area contributed by atoms with E-state index in [1.165, 1.54) is 0 Å². The molecule has 0 unspecified atom stereocenters. The topological polar surface area (TPSA) is 94.1 Å². The molecule has 2 aromatic heterocycles. The fourth-order valence-corrected chi connectivity index (χ4v) is 2.33. The van der Waals surface area contributed by atoms with E-state index in [0.717, 1.165) is 5.56 Å². The largest absolute Gasteiger partial charge is 0.482 e. The number of nitrogens with zero attached hydrogens (tertiary/aromatic N) is 3. The van der Waals surface area contributed by atoms with Crippen molar-refractivity contribution in [2.24, 2.45) is 7.05 Å². The van der Waals surface area contributed by atoms with Gasteiger partial charge in [-0.3, -0.25) is 14.6 Å². The summed E-state index contributed by atoms with van der Waals surface area (Å²) in [5, 5.41) is 13.6. The zero-order chi connectivity index (χ0) is 14.8. The second kappa shape index (κ2) is 5.57. The van der Waals surface area contributed by atoms with Gasteiger partial charge in [0.25, 0.3) is 5.91 Å². The summed E-state index contributed by atoms with van der Waals surface area (Å²) in [4.78, 5) is 12.3. The lowest BCUT2D eigenvalue weighted by Gasteiger charge is -2.19. The number of H-pyrrole nitrogens is 1. The summed E-state index contributed by atoms with van der Waals surface area (Å²) in [5.74, 6) is 0.406. The van der Waals surface area contributed by atoms with Gasteiger partial charge in [-0.25, -0.2) is 0 Å². The number of aryl methyl sites for hydroxylation is 2. The predicted octanol–water partition coefficient (Wildman–Crippen LogP) is 0.0278. The van der Waals surface area contributed by atoms with Crippen molar-refractivity contribution < 1.29 is 14.3 Å². The molecule has 2 N–H and O–H groups in total. The van der Waals surface area contributed by atoms with Gasteiger partial charge in [-0.05, 0) is 6.92 Å². The summed E-state index contributed by atoms with van der Waals surface area (Å²) in [6, 6.07) is -0.214. The van der Waals surface area contributed by atoms with Gasteiger partial charge in [-0.1, -0.05) is 0 Å². The Balaban J connectivity index is 1.66. The molecule has 3 rings (SSSR count). The second-order valence-corrected chi connectivity index (χ2v) is 5.04. The van der Waals surface area contributed by atoms with Gasteiger partial charge in [0.1, 0.15) is 6.10 Å². The molecule has 1 aliphatic heterocycles. The van der Waals surface area contributed by atoms with Crippen LogP contribution in [0.1, 0.15) is 16.1 Å². The summed E-state index contributed by atoms with van der Waals surface area (Å²) >= 11 is 0. The van der Waals surface area contributed by atoms with E-state index in [1.54, 1.807) is 30.3 Å². The SMILES string of the molecule is Cc1cn(C)nc1C(=O)N[C@H]1COC[C@H]1Oc1cn[nH]c1. The van der Waals surface area contributed by atoms with Gasteiger partial charge < -0.3 is 14.8 Å². The lowest BCUT2D eigenvalue weighted by Crippen LogP contribution is -2.45. The Morgan fingerprint density at radius 2 is 2.43 bits per heavy atom.